The molecule has 6 heteroatoms. The van der Waals surface area contributed by atoms with Crippen molar-refractivity contribution in [2.45, 2.75) is 53.1 Å². The van der Waals surface area contributed by atoms with E-state index in [1.165, 1.54) is 0 Å². The molecule has 0 fully saturated rings. The Morgan fingerprint density at radius 2 is 1.83 bits per heavy atom. The highest BCUT2D eigenvalue weighted by Crippen LogP contribution is 2.21. The van der Waals surface area contributed by atoms with Crippen LogP contribution in [0.5, 0.6) is 5.75 Å². The minimum Gasteiger partial charge on any atom is -0.483 e. The van der Waals surface area contributed by atoms with Gasteiger partial charge in [-0.3, -0.25) is 9.59 Å². The average molecular weight is 475 g/mol. The summed E-state index contributed by atoms with van der Waals surface area (Å²) in [5, 5.41) is 2.92. The molecule has 0 aliphatic carbocycles. The molecule has 162 valence electrons. The van der Waals surface area contributed by atoms with Gasteiger partial charge >= 0.3 is 0 Å². The van der Waals surface area contributed by atoms with Gasteiger partial charge < -0.3 is 15.0 Å². The smallest absolute Gasteiger partial charge is 0.261 e. The predicted molar refractivity (Wildman–Crippen MR) is 123 cm³/mol. The third kappa shape index (κ3) is 6.87. The first-order valence-corrected chi connectivity index (χ1v) is 11.1. The van der Waals surface area contributed by atoms with Crippen molar-refractivity contribution in [1.82, 2.24) is 10.2 Å². The molecule has 2 aromatic carbocycles. The summed E-state index contributed by atoms with van der Waals surface area (Å²) in [7, 11) is 0. The fourth-order valence-corrected chi connectivity index (χ4v) is 3.27. The lowest BCUT2D eigenvalue weighted by atomic mass is 10.1. The molecule has 0 spiro atoms. The largest absolute Gasteiger partial charge is 0.483 e. The summed E-state index contributed by atoms with van der Waals surface area (Å²) in [5.41, 5.74) is 3.07. The lowest BCUT2D eigenvalue weighted by Crippen LogP contribution is -2.49. The average Bonchev–Trinajstić information content (AvgIpc) is 2.73. The summed E-state index contributed by atoms with van der Waals surface area (Å²) in [6.45, 7) is 8.64. The predicted octanol–water partition coefficient (Wildman–Crippen LogP) is 4.78. The summed E-state index contributed by atoms with van der Waals surface area (Å²) < 4.78 is 6.78. The molecule has 0 unspecified atom stereocenters. The number of carbonyl (C=O) groups is 2. The lowest BCUT2D eigenvalue weighted by molar-refractivity contribution is -0.142. The number of carbonyl (C=O) groups excluding carboxylic acids is 2. The van der Waals surface area contributed by atoms with E-state index in [2.05, 4.69) is 28.2 Å². The van der Waals surface area contributed by atoms with Crippen LogP contribution in [0.15, 0.2) is 46.9 Å². The minimum absolute atomic E-state index is 0.118. The van der Waals surface area contributed by atoms with Crippen LogP contribution in [0.2, 0.25) is 0 Å². The number of hydrogen-bond donors (Lipinski definition) is 1. The van der Waals surface area contributed by atoms with Crippen molar-refractivity contribution < 1.29 is 14.3 Å². The first-order chi connectivity index (χ1) is 14.3. The molecule has 0 aromatic heterocycles. The first kappa shape index (κ1) is 23.9. The Labute approximate surface area is 187 Å². The van der Waals surface area contributed by atoms with Gasteiger partial charge in [-0.25, -0.2) is 0 Å². The third-order valence-corrected chi connectivity index (χ3v) is 5.70. The first-order valence-electron chi connectivity index (χ1n) is 10.3. The van der Waals surface area contributed by atoms with Crippen molar-refractivity contribution in [1.29, 1.82) is 0 Å². The van der Waals surface area contributed by atoms with Gasteiger partial charge in [0, 0.05) is 17.6 Å². The minimum atomic E-state index is -0.597. The van der Waals surface area contributed by atoms with Gasteiger partial charge in [0.25, 0.3) is 5.91 Å². The Kier molecular flexibility index (Phi) is 9.37. The van der Waals surface area contributed by atoms with E-state index in [9.17, 15) is 9.59 Å². The fourth-order valence-electron chi connectivity index (χ4n) is 3.01. The number of nitrogens with one attached hydrogen (secondary N) is 1. The molecule has 0 saturated heterocycles. The van der Waals surface area contributed by atoms with Gasteiger partial charge in [-0.1, -0.05) is 53.5 Å². The van der Waals surface area contributed by atoms with Crippen LogP contribution in [0.3, 0.4) is 0 Å². The SMILES string of the molecule is CCCCNC(=O)[C@@H](C)N(Cc1ccc(Br)cc1)C(=O)COc1cccc(C)c1C. The van der Waals surface area contributed by atoms with E-state index in [-0.39, 0.29) is 18.4 Å². The molecule has 2 aromatic rings. The third-order valence-electron chi connectivity index (χ3n) is 5.17. The van der Waals surface area contributed by atoms with Gasteiger partial charge in [-0.05, 0) is 62.1 Å². The van der Waals surface area contributed by atoms with Gasteiger partial charge in [0.15, 0.2) is 6.61 Å². The second-order valence-corrected chi connectivity index (χ2v) is 8.37. The molecule has 0 aliphatic rings. The Hall–Kier alpha value is -2.34. The molecule has 1 atom stereocenters. The van der Waals surface area contributed by atoms with E-state index in [0.717, 1.165) is 34.0 Å². The van der Waals surface area contributed by atoms with Gasteiger partial charge in [0.2, 0.25) is 5.91 Å². The number of nitrogens with zero attached hydrogens (tertiary/aromatic N) is 1. The number of unbranched alkanes of at least 4 members (excludes halogenated alkanes) is 1. The highest BCUT2D eigenvalue weighted by molar-refractivity contribution is 9.10. The van der Waals surface area contributed by atoms with E-state index < -0.39 is 6.04 Å². The second kappa shape index (κ2) is 11.7. The summed E-state index contributed by atoms with van der Waals surface area (Å²) in [6, 6.07) is 12.9. The number of halogens is 1. The zero-order valence-corrected chi connectivity index (χ0v) is 19.8. The maximum absolute atomic E-state index is 13.1. The molecular weight excluding hydrogens is 444 g/mol. The van der Waals surface area contributed by atoms with Crippen molar-refractivity contribution in [2.75, 3.05) is 13.2 Å². The summed E-state index contributed by atoms with van der Waals surface area (Å²) in [5.74, 6) is 0.310. The molecule has 2 rings (SSSR count). The Balaban J connectivity index is 2.13. The van der Waals surface area contributed by atoms with Crippen molar-refractivity contribution in [2.24, 2.45) is 0 Å². The molecule has 0 bridgehead atoms. The molecule has 1 N–H and O–H groups in total. The molecule has 0 radical (unpaired) electrons. The van der Waals surface area contributed by atoms with Crippen LogP contribution >= 0.6 is 15.9 Å². The van der Waals surface area contributed by atoms with Crippen LogP contribution < -0.4 is 10.1 Å². The zero-order chi connectivity index (χ0) is 22.1. The lowest BCUT2D eigenvalue weighted by Gasteiger charge is -2.29. The Morgan fingerprint density at radius 1 is 1.13 bits per heavy atom. The topological polar surface area (TPSA) is 58.6 Å². The molecule has 0 heterocycles. The monoisotopic (exact) mass is 474 g/mol. The molecule has 2 amide bonds. The van der Waals surface area contributed by atoms with Crippen LogP contribution in [0, 0.1) is 13.8 Å². The summed E-state index contributed by atoms with van der Waals surface area (Å²) in [6.07, 6.45) is 1.91. The Bertz CT molecular complexity index is 852. The van der Waals surface area contributed by atoms with E-state index in [1.807, 2.05) is 56.3 Å². The van der Waals surface area contributed by atoms with E-state index >= 15 is 0 Å². The fraction of sp³-hybridized carbons (Fsp3) is 0.417. The van der Waals surface area contributed by atoms with Crippen molar-refractivity contribution in [3.8, 4) is 5.75 Å². The Morgan fingerprint density at radius 3 is 2.50 bits per heavy atom. The number of aryl methyl sites for hydroxylation is 1. The maximum Gasteiger partial charge on any atom is 0.261 e. The van der Waals surface area contributed by atoms with Crippen molar-refractivity contribution in [3.63, 3.8) is 0 Å². The van der Waals surface area contributed by atoms with Crippen molar-refractivity contribution >= 4 is 27.7 Å². The number of rotatable bonds is 10. The van der Waals surface area contributed by atoms with Crippen LogP contribution in [-0.4, -0.2) is 35.9 Å². The van der Waals surface area contributed by atoms with Crippen LogP contribution in [0.25, 0.3) is 0 Å². The number of benzene rings is 2. The molecule has 30 heavy (non-hydrogen) atoms. The number of amides is 2. The maximum atomic E-state index is 13.1. The van der Waals surface area contributed by atoms with Crippen LogP contribution in [-0.2, 0) is 16.1 Å². The summed E-state index contributed by atoms with van der Waals surface area (Å²) in [4.78, 5) is 27.3. The zero-order valence-electron chi connectivity index (χ0n) is 18.2. The van der Waals surface area contributed by atoms with Gasteiger partial charge in [-0.15, -0.1) is 0 Å². The highest BCUT2D eigenvalue weighted by Gasteiger charge is 2.26. The van der Waals surface area contributed by atoms with Gasteiger partial charge in [0.05, 0.1) is 0 Å². The van der Waals surface area contributed by atoms with E-state index in [1.54, 1.807) is 11.8 Å². The van der Waals surface area contributed by atoms with Gasteiger partial charge in [0.1, 0.15) is 11.8 Å². The quantitative estimate of drug-likeness (QED) is 0.504. The second-order valence-electron chi connectivity index (χ2n) is 7.46. The van der Waals surface area contributed by atoms with Crippen molar-refractivity contribution in [3.05, 3.63) is 63.6 Å². The number of hydrogen-bond acceptors (Lipinski definition) is 3. The van der Waals surface area contributed by atoms with E-state index in [4.69, 9.17) is 4.74 Å². The normalized spacial score (nSPS) is 11.6. The molecule has 5 nitrogen and oxygen atoms in total. The molecule has 0 aliphatic heterocycles. The van der Waals surface area contributed by atoms with E-state index in [0.29, 0.717) is 18.8 Å². The van der Waals surface area contributed by atoms with Crippen LogP contribution in [0.4, 0.5) is 0 Å². The number of ether oxygens (including phenoxy) is 1. The highest BCUT2D eigenvalue weighted by atomic mass is 79.9. The standard InChI is InChI=1S/C24H31BrN2O3/c1-5-6-14-26-24(29)19(4)27(15-20-10-12-21(25)13-11-20)23(28)16-30-22-9-7-8-17(2)18(22)3/h7-13,19H,5-6,14-16H2,1-4H3,(H,26,29)/t19-/m1/s1. The summed E-state index contributed by atoms with van der Waals surface area (Å²) >= 11 is 3.43. The van der Waals surface area contributed by atoms with Gasteiger partial charge in [-0.2, -0.15) is 0 Å². The van der Waals surface area contributed by atoms with Crippen LogP contribution in [0.1, 0.15) is 43.4 Å². The molecular formula is C24H31BrN2O3. The molecule has 0 saturated carbocycles.